The smallest absolute Gasteiger partial charge is 0.429 e. The zero-order chi connectivity index (χ0) is 17.0. The van der Waals surface area contributed by atoms with Crippen LogP contribution < -0.4 is 4.74 Å². The van der Waals surface area contributed by atoms with Gasteiger partial charge in [0.2, 0.25) is 6.17 Å². The standard InChI is InChI=1S/C15H15F3N2O2S/c1-3-23(21)13-5-4-8-19-14(13)12-7-6-11(9-20-12)22-15(17,18)10(2)16/h4-10H,3H2,1-2H3. The monoisotopic (exact) mass is 344 g/mol. The van der Waals surface area contributed by atoms with Crippen molar-refractivity contribution in [1.82, 2.24) is 9.97 Å². The third-order valence-corrected chi connectivity index (χ3v) is 4.32. The summed E-state index contributed by atoms with van der Waals surface area (Å²) in [6.45, 7) is 2.49. The Kier molecular flexibility index (Phi) is 5.48. The highest BCUT2D eigenvalue weighted by Gasteiger charge is 2.39. The zero-order valence-corrected chi connectivity index (χ0v) is 13.3. The number of halogens is 3. The maximum atomic E-state index is 13.2. The Bertz CT molecular complexity index is 653. The van der Waals surface area contributed by atoms with Gasteiger partial charge in [0.1, 0.15) is 17.2 Å². The van der Waals surface area contributed by atoms with E-state index in [1.54, 1.807) is 19.1 Å². The Morgan fingerprint density at radius 3 is 2.61 bits per heavy atom. The molecule has 0 aliphatic heterocycles. The minimum atomic E-state index is -3.93. The average molecular weight is 344 g/mol. The Morgan fingerprint density at radius 1 is 1.30 bits per heavy atom. The van der Waals surface area contributed by atoms with Crippen molar-refractivity contribution in [2.75, 3.05) is 5.75 Å². The van der Waals surface area contributed by atoms with Crippen LogP contribution in [0, 0.1) is 0 Å². The van der Waals surface area contributed by atoms with Gasteiger partial charge in [-0.1, -0.05) is 0 Å². The second-order valence-electron chi connectivity index (χ2n) is 4.64. The number of rotatable bonds is 6. The van der Waals surface area contributed by atoms with Gasteiger partial charge in [0, 0.05) is 6.20 Å². The van der Waals surface area contributed by atoms with Crippen LogP contribution in [-0.4, -0.2) is 32.6 Å². The van der Waals surface area contributed by atoms with Crippen molar-refractivity contribution in [2.45, 2.75) is 31.0 Å². The fourth-order valence-electron chi connectivity index (χ4n) is 1.74. The molecule has 2 heterocycles. The molecule has 2 aromatic rings. The number of pyridine rings is 2. The molecule has 2 atom stereocenters. The van der Waals surface area contributed by atoms with Crippen LogP contribution >= 0.6 is 0 Å². The molecule has 23 heavy (non-hydrogen) atoms. The van der Waals surface area contributed by atoms with Gasteiger partial charge in [0.25, 0.3) is 0 Å². The summed E-state index contributed by atoms with van der Waals surface area (Å²) in [6.07, 6.45) is -3.80. The Balaban J connectivity index is 2.27. The first-order valence-corrected chi connectivity index (χ1v) is 8.17. The lowest BCUT2D eigenvalue weighted by molar-refractivity contribution is -0.215. The Hall–Kier alpha value is -1.80. The van der Waals surface area contributed by atoms with E-state index in [2.05, 4.69) is 14.7 Å². The fraction of sp³-hybridized carbons (Fsp3) is 0.333. The summed E-state index contributed by atoms with van der Waals surface area (Å²) >= 11 is -1.23. The molecule has 4 nitrogen and oxygen atoms in total. The van der Waals surface area contributed by atoms with Crippen LogP contribution in [0.15, 0.2) is 41.6 Å². The first kappa shape index (κ1) is 17.6. The molecule has 2 unspecified atom stereocenters. The highest BCUT2D eigenvalue weighted by atomic mass is 32.2. The summed E-state index contributed by atoms with van der Waals surface area (Å²) in [6, 6.07) is 5.99. The molecule has 0 radical (unpaired) electrons. The predicted molar refractivity (Wildman–Crippen MR) is 80.6 cm³/mol. The van der Waals surface area contributed by atoms with E-state index in [0.717, 1.165) is 6.20 Å². The molecule has 0 bridgehead atoms. The van der Waals surface area contributed by atoms with Crippen molar-refractivity contribution in [3.8, 4) is 17.1 Å². The SMILES string of the molecule is CC[S+]([O-])c1cccnc1-c1ccc(OC(F)(F)C(C)F)cn1. The van der Waals surface area contributed by atoms with E-state index in [1.807, 2.05) is 0 Å². The normalized spacial score (nSPS) is 14.3. The molecular formula is C15H15F3N2O2S. The van der Waals surface area contributed by atoms with E-state index in [-0.39, 0.29) is 5.75 Å². The van der Waals surface area contributed by atoms with Crippen LogP contribution in [0.4, 0.5) is 13.2 Å². The van der Waals surface area contributed by atoms with Crippen LogP contribution in [0.25, 0.3) is 11.4 Å². The third kappa shape index (κ3) is 4.14. The van der Waals surface area contributed by atoms with Crippen LogP contribution in [0.3, 0.4) is 0 Å². The van der Waals surface area contributed by atoms with Gasteiger partial charge in [0.05, 0.1) is 11.9 Å². The maximum Gasteiger partial charge on any atom is 0.429 e. The molecule has 0 N–H and O–H groups in total. The lowest BCUT2D eigenvalue weighted by Gasteiger charge is -2.18. The van der Waals surface area contributed by atoms with Crippen molar-refractivity contribution >= 4 is 11.2 Å². The molecule has 0 spiro atoms. The second kappa shape index (κ2) is 7.18. The quantitative estimate of drug-likeness (QED) is 0.751. The summed E-state index contributed by atoms with van der Waals surface area (Å²) in [7, 11) is 0. The molecule has 2 rings (SSSR count). The van der Waals surface area contributed by atoms with E-state index < -0.39 is 23.5 Å². The first-order chi connectivity index (χ1) is 10.8. The van der Waals surface area contributed by atoms with Gasteiger partial charge in [-0.25, -0.2) is 9.37 Å². The van der Waals surface area contributed by atoms with Gasteiger partial charge in [0.15, 0.2) is 4.90 Å². The van der Waals surface area contributed by atoms with E-state index in [9.17, 15) is 17.7 Å². The van der Waals surface area contributed by atoms with Crippen LogP contribution in [0.1, 0.15) is 13.8 Å². The molecule has 0 aromatic carbocycles. The summed E-state index contributed by atoms with van der Waals surface area (Å²) in [5, 5.41) is 0. The van der Waals surface area contributed by atoms with E-state index >= 15 is 0 Å². The van der Waals surface area contributed by atoms with Gasteiger partial charge in [-0.2, -0.15) is 8.78 Å². The maximum absolute atomic E-state index is 13.2. The van der Waals surface area contributed by atoms with Crippen molar-refractivity contribution in [1.29, 1.82) is 0 Å². The van der Waals surface area contributed by atoms with E-state index in [1.165, 1.54) is 18.3 Å². The van der Waals surface area contributed by atoms with Crippen molar-refractivity contribution < 1.29 is 22.5 Å². The van der Waals surface area contributed by atoms with Crippen molar-refractivity contribution in [3.05, 3.63) is 36.7 Å². The zero-order valence-electron chi connectivity index (χ0n) is 12.5. The molecule has 124 valence electrons. The Morgan fingerprint density at radius 2 is 2.04 bits per heavy atom. The summed E-state index contributed by atoms with van der Waals surface area (Å²) < 4.78 is 55.5. The van der Waals surface area contributed by atoms with Gasteiger partial charge >= 0.3 is 6.11 Å². The molecule has 0 aliphatic carbocycles. The molecule has 0 saturated carbocycles. The fourth-order valence-corrected chi connectivity index (χ4v) is 2.66. The molecule has 8 heteroatoms. The molecule has 0 fully saturated rings. The molecular weight excluding hydrogens is 329 g/mol. The minimum absolute atomic E-state index is 0.266. The van der Waals surface area contributed by atoms with Gasteiger partial charge in [-0.15, -0.1) is 0 Å². The number of ether oxygens (including phenoxy) is 1. The molecule has 0 aliphatic rings. The highest BCUT2D eigenvalue weighted by Crippen LogP contribution is 2.29. The third-order valence-electron chi connectivity index (χ3n) is 2.97. The van der Waals surface area contributed by atoms with Gasteiger partial charge in [-0.3, -0.25) is 4.98 Å². The molecule has 0 saturated heterocycles. The minimum Gasteiger partial charge on any atom is -0.611 e. The van der Waals surface area contributed by atoms with Crippen LogP contribution in [0.2, 0.25) is 0 Å². The van der Waals surface area contributed by atoms with Crippen molar-refractivity contribution in [2.24, 2.45) is 0 Å². The Labute approximate surface area is 134 Å². The topological polar surface area (TPSA) is 58.1 Å². The number of nitrogens with zero attached hydrogens (tertiary/aromatic N) is 2. The molecule has 0 amide bonds. The average Bonchev–Trinajstić information content (AvgIpc) is 2.54. The first-order valence-electron chi connectivity index (χ1n) is 6.86. The van der Waals surface area contributed by atoms with E-state index in [4.69, 9.17) is 0 Å². The highest BCUT2D eigenvalue weighted by molar-refractivity contribution is 7.91. The second-order valence-corrected chi connectivity index (χ2v) is 6.35. The molecule has 2 aromatic heterocycles. The lowest BCUT2D eigenvalue weighted by atomic mass is 10.2. The van der Waals surface area contributed by atoms with Crippen LogP contribution in [-0.2, 0) is 11.2 Å². The number of alkyl halides is 3. The largest absolute Gasteiger partial charge is 0.611 e. The van der Waals surface area contributed by atoms with Gasteiger partial charge in [-0.05, 0) is 49.3 Å². The summed E-state index contributed by atoms with van der Waals surface area (Å²) in [5.74, 6) is 0.151. The number of hydrogen-bond acceptors (Lipinski definition) is 4. The predicted octanol–water partition coefficient (Wildman–Crippen LogP) is 3.60. The van der Waals surface area contributed by atoms with E-state index in [0.29, 0.717) is 29.0 Å². The number of aromatic nitrogens is 2. The number of hydrogen-bond donors (Lipinski definition) is 0. The van der Waals surface area contributed by atoms with Crippen molar-refractivity contribution in [3.63, 3.8) is 0 Å². The van der Waals surface area contributed by atoms with Gasteiger partial charge < -0.3 is 9.29 Å². The van der Waals surface area contributed by atoms with Crippen LogP contribution in [0.5, 0.6) is 5.75 Å². The summed E-state index contributed by atoms with van der Waals surface area (Å²) in [5.41, 5.74) is 0.774. The summed E-state index contributed by atoms with van der Waals surface area (Å²) in [4.78, 5) is 8.65. The lowest BCUT2D eigenvalue weighted by Crippen LogP contribution is -2.34.